The van der Waals surface area contributed by atoms with Gasteiger partial charge in [0, 0.05) is 17.8 Å². The second-order valence-corrected chi connectivity index (χ2v) is 6.06. The predicted octanol–water partition coefficient (Wildman–Crippen LogP) is 1.80. The zero-order valence-electron chi connectivity index (χ0n) is 9.75. The first-order valence-corrected chi connectivity index (χ1v) is 6.82. The molecule has 0 amide bonds. The molecule has 0 aromatic heterocycles. The number of thioether (sulfide) groups is 1. The molecule has 1 rings (SSSR count). The third-order valence-electron chi connectivity index (χ3n) is 3.20. The van der Waals surface area contributed by atoms with Gasteiger partial charge in [0.1, 0.15) is 0 Å². The van der Waals surface area contributed by atoms with Crippen molar-refractivity contribution >= 4 is 11.8 Å². The van der Waals surface area contributed by atoms with Crippen molar-refractivity contribution < 1.29 is 0 Å². The molecule has 0 aromatic rings. The molecule has 0 saturated carbocycles. The van der Waals surface area contributed by atoms with Gasteiger partial charge in [0.2, 0.25) is 0 Å². The van der Waals surface area contributed by atoms with E-state index in [1.54, 1.807) is 0 Å². The number of likely N-dealkylation sites (tertiary alicyclic amines) is 1. The quantitative estimate of drug-likeness (QED) is 0.777. The van der Waals surface area contributed by atoms with E-state index in [0.717, 1.165) is 12.5 Å². The molecule has 1 heterocycles. The molecule has 0 bridgehead atoms. The predicted molar refractivity (Wildman–Crippen MR) is 65.8 cm³/mol. The van der Waals surface area contributed by atoms with Gasteiger partial charge in [-0.05, 0) is 38.1 Å². The lowest BCUT2D eigenvalue weighted by Gasteiger charge is -2.40. The van der Waals surface area contributed by atoms with Crippen LogP contribution in [0.15, 0.2) is 0 Å². The van der Waals surface area contributed by atoms with Gasteiger partial charge in [-0.15, -0.1) is 0 Å². The Balaban J connectivity index is 2.37. The number of rotatable bonds is 4. The summed E-state index contributed by atoms with van der Waals surface area (Å²) in [5, 5.41) is 0. The standard InChI is InChI=1S/C11H24N2S/c1-10(2)8-13-6-4-11(9-12,14-3)5-7-13/h10H,4-9,12H2,1-3H3. The second-order valence-electron chi connectivity index (χ2n) is 4.79. The Kier molecular flexibility index (Phi) is 4.74. The highest BCUT2D eigenvalue weighted by atomic mass is 32.2. The summed E-state index contributed by atoms with van der Waals surface area (Å²) < 4.78 is 0.382. The Bertz CT molecular complexity index is 157. The van der Waals surface area contributed by atoms with Gasteiger partial charge in [0.05, 0.1) is 0 Å². The lowest BCUT2D eigenvalue weighted by atomic mass is 9.95. The summed E-state index contributed by atoms with van der Waals surface area (Å²) >= 11 is 1.96. The highest BCUT2D eigenvalue weighted by Crippen LogP contribution is 2.33. The van der Waals surface area contributed by atoms with Gasteiger partial charge in [-0.1, -0.05) is 13.8 Å². The first-order valence-electron chi connectivity index (χ1n) is 5.59. The molecule has 2 N–H and O–H groups in total. The minimum Gasteiger partial charge on any atom is -0.329 e. The van der Waals surface area contributed by atoms with Gasteiger partial charge < -0.3 is 10.6 Å². The first kappa shape index (κ1) is 12.3. The van der Waals surface area contributed by atoms with E-state index in [1.807, 2.05) is 11.8 Å². The topological polar surface area (TPSA) is 29.3 Å². The van der Waals surface area contributed by atoms with E-state index in [4.69, 9.17) is 5.73 Å². The number of hydrogen-bond donors (Lipinski definition) is 1. The van der Waals surface area contributed by atoms with Crippen molar-refractivity contribution in [2.75, 3.05) is 32.4 Å². The maximum absolute atomic E-state index is 5.86. The summed E-state index contributed by atoms with van der Waals surface area (Å²) in [6.45, 7) is 9.13. The monoisotopic (exact) mass is 216 g/mol. The van der Waals surface area contributed by atoms with Gasteiger partial charge in [0.15, 0.2) is 0 Å². The van der Waals surface area contributed by atoms with Crippen LogP contribution >= 0.6 is 11.8 Å². The van der Waals surface area contributed by atoms with Crippen LogP contribution in [0, 0.1) is 5.92 Å². The molecule has 84 valence electrons. The molecule has 0 atom stereocenters. The Morgan fingerprint density at radius 3 is 2.29 bits per heavy atom. The van der Waals surface area contributed by atoms with Crippen LogP contribution in [0.3, 0.4) is 0 Å². The summed E-state index contributed by atoms with van der Waals surface area (Å²) in [5.41, 5.74) is 5.86. The molecule has 1 fully saturated rings. The van der Waals surface area contributed by atoms with E-state index in [-0.39, 0.29) is 0 Å². The van der Waals surface area contributed by atoms with E-state index in [2.05, 4.69) is 25.0 Å². The van der Waals surface area contributed by atoms with Crippen LogP contribution in [-0.2, 0) is 0 Å². The molecule has 1 aliphatic rings. The van der Waals surface area contributed by atoms with Crippen molar-refractivity contribution in [2.24, 2.45) is 11.7 Å². The number of nitrogens with zero attached hydrogens (tertiary/aromatic N) is 1. The molecule has 3 heteroatoms. The van der Waals surface area contributed by atoms with Gasteiger partial charge in [-0.3, -0.25) is 0 Å². The average molecular weight is 216 g/mol. The summed E-state index contributed by atoms with van der Waals surface area (Å²) in [7, 11) is 0. The van der Waals surface area contributed by atoms with Crippen molar-refractivity contribution in [3.8, 4) is 0 Å². The lowest BCUT2D eigenvalue weighted by Crippen LogP contribution is -2.47. The van der Waals surface area contributed by atoms with Gasteiger partial charge in [0.25, 0.3) is 0 Å². The SMILES string of the molecule is CSC1(CN)CCN(CC(C)C)CC1. The van der Waals surface area contributed by atoms with Crippen molar-refractivity contribution in [3.63, 3.8) is 0 Å². The molecule has 0 spiro atoms. The molecule has 1 aliphatic heterocycles. The molecule has 1 saturated heterocycles. The normalized spacial score (nSPS) is 22.9. The van der Waals surface area contributed by atoms with Gasteiger partial charge in [-0.25, -0.2) is 0 Å². The number of hydrogen-bond acceptors (Lipinski definition) is 3. The zero-order chi connectivity index (χ0) is 10.6. The smallest absolute Gasteiger partial charge is 0.0303 e. The Morgan fingerprint density at radius 2 is 1.93 bits per heavy atom. The third kappa shape index (κ3) is 3.14. The maximum atomic E-state index is 5.86. The van der Waals surface area contributed by atoms with Crippen molar-refractivity contribution in [2.45, 2.75) is 31.4 Å². The Morgan fingerprint density at radius 1 is 1.36 bits per heavy atom. The van der Waals surface area contributed by atoms with E-state index in [0.29, 0.717) is 4.75 Å². The van der Waals surface area contributed by atoms with Gasteiger partial charge in [-0.2, -0.15) is 11.8 Å². The zero-order valence-corrected chi connectivity index (χ0v) is 10.6. The largest absolute Gasteiger partial charge is 0.329 e. The van der Waals surface area contributed by atoms with Crippen molar-refractivity contribution in [3.05, 3.63) is 0 Å². The van der Waals surface area contributed by atoms with Crippen LogP contribution in [0.4, 0.5) is 0 Å². The van der Waals surface area contributed by atoms with Crippen LogP contribution in [-0.4, -0.2) is 42.1 Å². The lowest BCUT2D eigenvalue weighted by molar-refractivity contribution is 0.183. The van der Waals surface area contributed by atoms with Crippen LogP contribution in [0.25, 0.3) is 0 Å². The molecule has 14 heavy (non-hydrogen) atoms. The summed E-state index contributed by atoms with van der Waals surface area (Å²) in [4.78, 5) is 2.58. The van der Waals surface area contributed by atoms with Crippen molar-refractivity contribution in [1.82, 2.24) is 4.90 Å². The molecular weight excluding hydrogens is 192 g/mol. The van der Waals surface area contributed by atoms with Crippen LogP contribution < -0.4 is 5.73 Å². The minimum atomic E-state index is 0.382. The molecule has 0 aliphatic carbocycles. The molecule has 0 unspecified atom stereocenters. The molecule has 0 aromatic carbocycles. The van der Waals surface area contributed by atoms with Crippen LogP contribution in [0.1, 0.15) is 26.7 Å². The minimum absolute atomic E-state index is 0.382. The van der Waals surface area contributed by atoms with Crippen molar-refractivity contribution in [1.29, 1.82) is 0 Å². The second kappa shape index (κ2) is 5.38. The van der Waals surface area contributed by atoms with E-state index >= 15 is 0 Å². The highest BCUT2D eigenvalue weighted by molar-refractivity contribution is 8.00. The average Bonchev–Trinajstić information content (AvgIpc) is 2.19. The van der Waals surface area contributed by atoms with E-state index in [9.17, 15) is 0 Å². The van der Waals surface area contributed by atoms with Crippen LogP contribution in [0.5, 0.6) is 0 Å². The Hall–Kier alpha value is 0.270. The third-order valence-corrected chi connectivity index (χ3v) is 4.64. The molecular formula is C11H24N2S. The maximum Gasteiger partial charge on any atom is 0.0303 e. The summed E-state index contributed by atoms with van der Waals surface area (Å²) in [6, 6.07) is 0. The fourth-order valence-electron chi connectivity index (χ4n) is 2.15. The van der Waals surface area contributed by atoms with Crippen LogP contribution in [0.2, 0.25) is 0 Å². The number of nitrogens with two attached hydrogens (primary N) is 1. The first-order chi connectivity index (χ1) is 6.62. The Labute approximate surface area is 92.6 Å². The highest BCUT2D eigenvalue weighted by Gasteiger charge is 2.32. The molecule has 2 nitrogen and oxygen atoms in total. The fraction of sp³-hybridized carbons (Fsp3) is 1.00. The summed E-state index contributed by atoms with van der Waals surface area (Å²) in [6.07, 6.45) is 4.72. The molecule has 0 radical (unpaired) electrons. The van der Waals surface area contributed by atoms with E-state index in [1.165, 1.54) is 32.5 Å². The number of piperidine rings is 1. The van der Waals surface area contributed by atoms with E-state index < -0.39 is 0 Å². The fourth-order valence-corrected chi connectivity index (χ4v) is 2.91. The van der Waals surface area contributed by atoms with Gasteiger partial charge >= 0.3 is 0 Å². The summed E-state index contributed by atoms with van der Waals surface area (Å²) in [5.74, 6) is 0.787.